The van der Waals surface area contributed by atoms with Crippen LogP contribution in [0.1, 0.15) is 16.4 Å². The molecule has 0 aromatic carbocycles. The largest absolute Gasteiger partial charge is 0.479 e. The molecular formula is C18H16N8OS. The second kappa shape index (κ2) is 6.34. The van der Waals surface area contributed by atoms with Crippen molar-refractivity contribution in [3.63, 3.8) is 0 Å². The highest BCUT2D eigenvalue weighted by atomic mass is 32.1. The van der Waals surface area contributed by atoms with E-state index in [9.17, 15) is 0 Å². The molecule has 0 saturated carbocycles. The van der Waals surface area contributed by atoms with Crippen LogP contribution in [0.2, 0.25) is 0 Å². The minimum atomic E-state index is 0.520. The third-order valence-electron chi connectivity index (χ3n) is 4.77. The fourth-order valence-electron chi connectivity index (χ4n) is 3.31. The molecule has 140 valence electrons. The Morgan fingerprint density at radius 1 is 1.21 bits per heavy atom. The second-order valence-electron chi connectivity index (χ2n) is 6.39. The summed E-state index contributed by atoms with van der Waals surface area (Å²) in [5.41, 5.74) is 5.31. The van der Waals surface area contributed by atoms with Gasteiger partial charge in [0.05, 0.1) is 29.7 Å². The summed E-state index contributed by atoms with van der Waals surface area (Å²) in [5, 5.41) is 8.36. The summed E-state index contributed by atoms with van der Waals surface area (Å²) >= 11 is 1.41. The van der Waals surface area contributed by atoms with Crippen LogP contribution in [0.5, 0.6) is 5.88 Å². The molecule has 0 radical (unpaired) electrons. The van der Waals surface area contributed by atoms with Crippen LogP contribution in [0.15, 0.2) is 30.9 Å². The lowest BCUT2D eigenvalue weighted by Gasteiger charge is -2.07. The molecule has 0 amide bonds. The lowest BCUT2D eigenvalue weighted by atomic mass is 10.1. The molecule has 5 rings (SSSR count). The summed E-state index contributed by atoms with van der Waals surface area (Å²) in [6.07, 6.45) is 5.18. The molecule has 28 heavy (non-hydrogen) atoms. The van der Waals surface area contributed by atoms with Crippen LogP contribution in [0.4, 0.5) is 0 Å². The number of hydrogen-bond donors (Lipinski definition) is 0. The van der Waals surface area contributed by atoms with Gasteiger partial charge in [0.2, 0.25) is 5.88 Å². The third kappa shape index (κ3) is 2.53. The monoisotopic (exact) mass is 392 g/mol. The first-order chi connectivity index (χ1) is 13.7. The van der Waals surface area contributed by atoms with E-state index in [1.165, 1.54) is 17.9 Å². The highest BCUT2D eigenvalue weighted by molar-refractivity contribution is 7.05. The van der Waals surface area contributed by atoms with Crippen LogP contribution in [0.25, 0.3) is 27.8 Å². The van der Waals surface area contributed by atoms with Crippen molar-refractivity contribution in [1.82, 2.24) is 38.7 Å². The summed E-state index contributed by atoms with van der Waals surface area (Å²) in [7, 11) is 1.60. The Bertz CT molecular complexity index is 1320. The van der Waals surface area contributed by atoms with E-state index in [-0.39, 0.29) is 0 Å². The van der Waals surface area contributed by atoms with Crippen LogP contribution in [0.3, 0.4) is 0 Å². The Kier molecular flexibility index (Phi) is 3.79. The predicted octanol–water partition coefficient (Wildman–Crippen LogP) is 2.67. The van der Waals surface area contributed by atoms with Crippen molar-refractivity contribution in [3.05, 3.63) is 47.2 Å². The number of methoxy groups -OCH3 is 1. The van der Waals surface area contributed by atoms with Crippen molar-refractivity contribution in [2.45, 2.75) is 20.4 Å². The first-order valence-electron chi connectivity index (χ1n) is 8.63. The number of imidazole rings is 1. The van der Waals surface area contributed by atoms with E-state index in [0.29, 0.717) is 18.1 Å². The van der Waals surface area contributed by atoms with Crippen LogP contribution in [0, 0.1) is 13.8 Å². The number of ether oxygens (including phenoxy) is 1. The SMILES string of the molecule is COc1ncnn2ccc(-c3cnc4nc(C)n(Cc5snnc5C)c4c3)c12. The lowest BCUT2D eigenvalue weighted by Crippen LogP contribution is -2.02. The molecule has 0 aliphatic heterocycles. The molecule has 5 heterocycles. The van der Waals surface area contributed by atoms with Crippen molar-refractivity contribution in [2.24, 2.45) is 0 Å². The first-order valence-corrected chi connectivity index (χ1v) is 9.40. The second-order valence-corrected chi connectivity index (χ2v) is 7.22. The van der Waals surface area contributed by atoms with Crippen LogP contribution < -0.4 is 4.74 Å². The van der Waals surface area contributed by atoms with Gasteiger partial charge in [-0.2, -0.15) is 10.1 Å². The smallest absolute Gasteiger partial charge is 0.241 e. The average molecular weight is 392 g/mol. The zero-order valence-corrected chi connectivity index (χ0v) is 16.3. The quantitative estimate of drug-likeness (QED) is 0.464. The number of pyridine rings is 1. The zero-order chi connectivity index (χ0) is 19.3. The molecule has 0 N–H and O–H groups in total. The van der Waals surface area contributed by atoms with Crippen molar-refractivity contribution >= 4 is 28.2 Å². The number of fused-ring (bicyclic) bond motifs is 2. The third-order valence-corrected chi connectivity index (χ3v) is 5.58. The highest BCUT2D eigenvalue weighted by Gasteiger charge is 2.16. The van der Waals surface area contributed by atoms with Gasteiger partial charge >= 0.3 is 0 Å². The van der Waals surface area contributed by atoms with Gasteiger partial charge in [0.1, 0.15) is 17.7 Å². The van der Waals surface area contributed by atoms with Crippen molar-refractivity contribution in [1.29, 1.82) is 0 Å². The molecule has 0 atom stereocenters. The Morgan fingerprint density at radius 3 is 2.89 bits per heavy atom. The molecule has 9 nitrogen and oxygen atoms in total. The standard InChI is InChI=1S/C18H16N8OS/c1-10-15(28-24-23-10)8-25-11(2)22-17-14(25)6-12(7-19-17)13-4-5-26-16(13)18(27-3)20-9-21-26/h4-7,9H,8H2,1-3H3. The number of aromatic nitrogens is 8. The first kappa shape index (κ1) is 16.8. The van der Waals surface area contributed by atoms with Crippen molar-refractivity contribution < 1.29 is 4.74 Å². The van der Waals surface area contributed by atoms with Crippen LogP contribution in [-0.4, -0.2) is 45.8 Å². The average Bonchev–Trinajstić information content (AvgIpc) is 3.39. The van der Waals surface area contributed by atoms with Gasteiger partial charge in [-0.25, -0.2) is 14.5 Å². The molecule has 10 heteroatoms. The molecular weight excluding hydrogens is 376 g/mol. The zero-order valence-electron chi connectivity index (χ0n) is 15.5. The Hall–Kier alpha value is -3.40. The van der Waals surface area contributed by atoms with Crippen LogP contribution in [-0.2, 0) is 6.54 Å². The minimum absolute atomic E-state index is 0.520. The summed E-state index contributed by atoms with van der Waals surface area (Å²) in [4.78, 5) is 14.5. The molecule has 0 aliphatic carbocycles. The van der Waals surface area contributed by atoms with Gasteiger partial charge in [0.15, 0.2) is 5.65 Å². The van der Waals surface area contributed by atoms with Crippen LogP contribution >= 0.6 is 11.5 Å². The van der Waals surface area contributed by atoms with Gasteiger partial charge in [0.25, 0.3) is 0 Å². The molecule has 5 aromatic heterocycles. The summed E-state index contributed by atoms with van der Waals surface area (Å²) in [6.45, 7) is 4.62. The highest BCUT2D eigenvalue weighted by Crippen LogP contribution is 2.31. The Balaban J connectivity index is 1.68. The van der Waals surface area contributed by atoms with E-state index >= 15 is 0 Å². The van der Waals surface area contributed by atoms with Gasteiger partial charge in [-0.1, -0.05) is 4.49 Å². The number of hydrogen-bond acceptors (Lipinski definition) is 8. The summed E-state index contributed by atoms with van der Waals surface area (Å²) in [6, 6.07) is 4.08. The van der Waals surface area contributed by atoms with Crippen molar-refractivity contribution in [2.75, 3.05) is 7.11 Å². The van der Waals surface area contributed by atoms with E-state index in [1.807, 2.05) is 32.3 Å². The van der Waals surface area contributed by atoms with E-state index in [4.69, 9.17) is 4.74 Å². The van der Waals surface area contributed by atoms with E-state index in [1.54, 1.807) is 11.6 Å². The van der Waals surface area contributed by atoms with E-state index in [2.05, 4.69) is 40.3 Å². The van der Waals surface area contributed by atoms with Crippen molar-refractivity contribution in [3.8, 4) is 17.0 Å². The maximum atomic E-state index is 5.42. The Labute approximate surface area is 163 Å². The van der Waals surface area contributed by atoms with Gasteiger partial charge in [-0.3, -0.25) is 0 Å². The maximum absolute atomic E-state index is 5.42. The molecule has 0 fully saturated rings. The number of nitrogens with zero attached hydrogens (tertiary/aromatic N) is 8. The van der Waals surface area contributed by atoms with E-state index in [0.717, 1.165) is 38.6 Å². The fourth-order valence-corrected chi connectivity index (χ4v) is 3.94. The lowest BCUT2D eigenvalue weighted by molar-refractivity contribution is 0.399. The predicted molar refractivity (Wildman–Crippen MR) is 105 cm³/mol. The molecule has 5 aromatic rings. The molecule has 0 spiro atoms. The molecule has 0 bridgehead atoms. The number of aryl methyl sites for hydroxylation is 2. The number of rotatable bonds is 4. The van der Waals surface area contributed by atoms with E-state index < -0.39 is 0 Å². The summed E-state index contributed by atoms with van der Waals surface area (Å²) in [5.74, 6) is 1.42. The Morgan fingerprint density at radius 2 is 2.11 bits per heavy atom. The topological polar surface area (TPSA) is 95.9 Å². The minimum Gasteiger partial charge on any atom is -0.479 e. The van der Waals surface area contributed by atoms with Gasteiger partial charge in [0, 0.05) is 23.5 Å². The van der Waals surface area contributed by atoms with Gasteiger partial charge < -0.3 is 9.30 Å². The molecule has 0 unspecified atom stereocenters. The molecule has 0 saturated heterocycles. The summed E-state index contributed by atoms with van der Waals surface area (Å²) < 4.78 is 13.3. The normalized spacial score (nSPS) is 11.5. The fraction of sp³-hybridized carbons (Fsp3) is 0.222. The molecule has 0 aliphatic rings. The maximum Gasteiger partial charge on any atom is 0.241 e. The van der Waals surface area contributed by atoms with Gasteiger partial charge in [-0.15, -0.1) is 5.10 Å². The van der Waals surface area contributed by atoms with Gasteiger partial charge in [-0.05, 0) is 37.5 Å².